The zero-order valence-corrected chi connectivity index (χ0v) is 12.8. The molecule has 1 aliphatic rings. The maximum Gasteiger partial charge on any atom is -0.00156 e. The zero-order valence-electron chi connectivity index (χ0n) is 12.8. The van der Waals surface area contributed by atoms with Gasteiger partial charge in [-0.05, 0) is 67.9 Å². The monoisotopic (exact) mass is 258 g/mol. The molecule has 0 spiro atoms. The minimum Gasteiger partial charge on any atom is -0.303 e. The van der Waals surface area contributed by atoms with E-state index in [1.165, 1.54) is 62.9 Å². The summed E-state index contributed by atoms with van der Waals surface area (Å²) in [4.78, 5) is 2.63. The fourth-order valence-corrected chi connectivity index (χ4v) is 3.08. The van der Waals surface area contributed by atoms with Gasteiger partial charge in [-0.3, -0.25) is 0 Å². The first kappa shape index (κ1) is 14.6. The van der Waals surface area contributed by atoms with Crippen LogP contribution >= 0.6 is 0 Å². The van der Waals surface area contributed by atoms with Crippen LogP contribution in [0.4, 0.5) is 0 Å². The first-order valence-corrected chi connectivity index (χ1v) is 7.79. The molecule has 105 valence electrons. The lowest BCUT2D eigenvalue weighted by atomic mass is 9.82. The second kappa shape index (κ2) is 6.56. The average Bonchev–Trinajstić information content (AvgIpc) is 2.39. The van der Waals surface area contributed by atoms with Gasteiger partial charge in [0.05, 0.1) is 0 Å². The Morgan fingerprint density at radius 3 is 2.58 bits per heavy atom. The van der Waals surface area contributed by atoms with Gasteiger partial charge < -0.3 is 4.90 Å². The van der Waals surface area contributed by atoms with Gasteiger partial charge in [0.2, 0.25) is 0 Å². The standard InChI is InChI=1S/C18H28N/c1-18(2,3)17-12-6-5-10-16(17)11-9-15-19-13-7-4-8-14-19/h6,10,12H,4,7-9,11,13-15H2,1-3H3. The predicted octanol–water partition coefficient (Wildman–Crippen LogP) is 4.20. The number of rotatable bonds is 4. The largest absolute Gasteiger partial charge is 0.303 e. The van der Waals surface area contributed by atoms with E-state index in [-0.39, 0.29) is 5.41 Å². The first-order valence-electron chi connectivity index (χ1n) is 7.79. The van der Waals surface area contributed by atoms with Gasteiger partial charge in [0.1, 0.15) is 0 Å². The lowest BCUT2D eigenvalue weighted by Crippen LogP contribution is -2.30. The van der Waals surface area contributed by atoms with Crippen molar-refractivity contribution in [3.8, 4) is 0 Å². The fourth-order valence-electron chi connectivity index (χ4n) is 3.08. The molecular formula is C18H28N. The van der Waals surface area contributed by atoms with Crippen LogP contribution in [0.5, 0.6) is 0 Å². The van der Waals surface area contributed by atoms with E-state index in [0.29, 0.717) is 0 Å². The van der Waals surface area contributed by atoms with E-state index in [2.05, 4.69) is 49.9 Å². The summed E-state index contributed by atoms with van der Waals surface area (Å²) >= 11 is 0. The summed E-state index contributed by atoms with van der Waals surface area (Å²) in [5.41, 5.74) is 3.23. The van der Waals surface area contributed by atoms with Gasteiger partial charge in [-0.2, -0.15) is 0 Å². The summed E-state index contributed by atoms with van der Waals surface area (Å²) in [7, 11) is 0. The fraction of sp³-hybridized carbons (Fsp3) is 0.667. The number of likely N-dealkylation sites (tertiary alicyclic amines) is 1. The van der Waals surface area contributed by atoms with Crippen LogP contribution in [0.2, 0.25) is 0 Å². The van der Waals surface area contributed by atoms with Gasteiger partial charge in [0.25, 0.3) is 0 Å². The Bertz CT molecular complexity index is 383. The minimum atomic E-state index is 0.246. The van der Waals surface area contributed by atoms with Crippen LogP contribution in [0.25, 0.3) is 0 Å². The molecule has 0 aromatic heterocycles. The van der Waals surface area contributed by atoms with Crippen molar-refractivity contribution in [1.82, 2.24) is 4.90 Å². The van der Waals surface area contributed by atoms with Crippen molar-refractivity contribution in [2.45, 2.75) is 58.3 Å². The molecular weight excluding hydrogens is 230 g/mol. The highest BCUT2D eigenvalue weighted by molar-refractivity contribution is 5.32. The molecule has 1 fully saturated rings. The van der Waals surface area contributed by atoms with Crippen molar-refractivity contribution in [2.75, 3.05) is 19.6 Å². The normalized spacial score (nSPS) is 17.6. The molecule has 0 N–H and O–H groups in total. The lowest BCUT2D eigenvalue weighted by molar-refractivity contribution is 0.226. The quantitative estimate of drug-likeness (QED) is 0.782. The molecule has 0 unspecified atom stereocenters. The number of benzene rings is 1. The summed E-state index contributed by atoms with van der Waals surface area (Å²) in [6.07, 6.45) is 6.69. The van der Waals surface area contributed by atoms with Gasteiger partial charge >= 0.3 is 0 Å². The third-order valence-electron chi connectivity index (χ3n) is 4.13. The summed E-state index contributed by atoms with van der Waals surface area (Å²) in [6, 6.07) is 9.74. The SMILES string of the molecule is CC(C)(C)c1cc[c]cc1CCCN1CCCCC1. The number of hydrogen-bond acceptors (Lipinski definition) is 1. The number of nitrogens with zero attached hydrogens (tertiary/aromatic N) is 1. The maximum atomic E-state index is 3.25. The number of piperidine rings is 1. The highest BCUT2D eigenvalue weighted by atomic mass is 15.1. The van der Waals surface area contributed by atoms with E-state index >= 15 is 0 Å². The summed E-state index contributed by atoms with van der Waals surface area (Å²) < 4.78 is 0. The van der Waals surface area contributed by atoms with Gasteiger partial charge in [0, 0.05) is 0 Å². The van der Waals surface area contributed by atoms with Crippen molar-refractivity contribution >= 4 is 0 Å². The molecule has 1 heterocycles. The van der Waals surface area contributed by atoms with Gasteiger partial charge in [-0.25, -0.2) is 0 Å². The molecule has 1 saturated heterocycles. The van der Waals surface area contributed by atoms with Crippen LogP contribution in [0.15, 0.2) is 18.2 Å². The van der Waals surface area contributed by atoms with Crippen molar-refractivity contribution in [3.05, 3.63) is 35.4 Å². The minimum absolute atomic E-state index is 0.246. The van der Waals surface area contributed by atoms with Crippen molar-refractivity contribution in [3.63, 3.8) is 0 Å². The summed E-state index contributed by atoms with van der Waals surface area (Å²) in [5, 5.41) is 0. The van der Waals surface area contributed by atoms with E-state index in [0.717, 1.165) is 0 Å². The molecule has 0 atom stereocenters. The third kappa shape index (κ3) is 4.35. The molecule has 0 bridgehead atoms. The van der Waals surface area contributed by atoms with Crippen LogP contribution in [0.1, 0.15) is 57.6 Å². The van der Waals surface area contributed by atoms with E-state index in [1.807, 2.05) is 0 Å². The number of hydrogen-bond donors (Lipinski definition) is 0. The topological polar surface area (TPSA) is 3.24 Å². The molecule has 0 aliphatic carbocycles. The summed E-state index contributed by atoms with van der Waals surface area (Å²) in [5.74, 6) is 0. The second-order valence-electron chi connectivity index (χ2n) is 6.84. The molecule has 1 aromatic rings. The van der Waals surface area contributed by atoms with E-state index in [9.17, 15) is 0 Å². The van der Waals surface area contributed by atoms with Crippen LogP contribution in [0, 0.1) is 6.07 Å². The van der Waals surface area contributed by atoms with Crippen molar-refractivity contribution in [1.29, 1.82) is 0 Å². The highest BCUT2D eigenvalue weighted by Crippen LogP contribution is 2.26. The molecule has 1 nitrogen and oxygen atoms in total. The zero-order chi connectivity index (χ0) is 13.7. The molecule has 2 rings (SSSR count). The third-order valence-corrected chi connectivity index (χ3v) is 4.13. The predicted molar refractivity (Wildman–Crippen MR) is 82.6 cm³/mol. The molecule has 1 radical (unpaired) electrons. The van der Waals surface area contributed by atoms with Gasteiger partial charge in [0.15, 0.2) is 0 Å². The van der Waals surface area contributed by atoms with Crippen molar-refractivity contribution < 1.29 is 0 Å². The highest BCUT2D eigenvalue weighted by Gasteiger charge is 2.17. The van der Waals surface area contributed by atoms with Crippen LogP contribution in [0.3, 0.4) is 0 Å². The molecule has 1 aromatic carbocycles. The molecule has 0 saturated carbocycles. The Morgan fingerprint density at radius 2 is 1.89 bits per heavy atom. The molecule has 0 amide bonds. The Hall–Kier alpha value is -0.820. The molecule has 1 aliphatic heterocycles. The van der Waals surface area contributed by atoms with Gasteiger partial charge in [-0.15, -0.1) is 0 Å². The number of aryl methyl sites for hydroxylation is 1. The Kier molecular flexibility index (Phi) is 5.04. The molecule has 1 heteroatoms. The van der Waals surface area contributed by atoms with Crippen LogP contribution < -0.4 is 0 Å². The van der Waals surface area contributed by atoms with Crippen LogP contribution in [-0.4, -0.2) is 24.5 Å². The Morgan fingerprint density at radius 1 is 1.16 bits per heavy atom. The smallest absolute Gasteiger partial charge is 0.00156 e. The Balaban J connectivity index is 1.88. The first-order chi connectivity index (χ1) is 9.07. The van der Waals surface area contributed by atoms with E-state index in [1.54, 1.807) is 0 Å². The van der Waals surface area contributed by atoms with Gasteiger partial charge in [-0.1, -0.05) is 45.4 Å². The van der Waals surface area contributed by atoms with Crippen LogP contribution in [-0.2, 0) is 11.8 Å². The maximum absolute atomic E-state index is 3.25. The summed E-state index contributed by atoms with van der Waals surface area (Å²) in [6.45, 7) is 10.8. The molecule has 19 heavy (non-hydrogen) atoms. The lowest BCUT2D eigenvalue weighted by Gasteiger charge is -2.27. The average molecular weight is 258 g/mol. The van der Waals surface area contributed by atoms with E-state index in [4.69, 9.17) is 0 Å². The van der Waals surface area contributed by atoms with E-state index < -0.39 is 0 Å². The van der Waals surface area contributed by atoms with Crippen molar-refractivity contribution in [2.24, 2.45) is 0 Å². The second-order valence-corrected chi connectivity index (χ2v) is 6.84. The Labute approximate surface area is 119 Å².